The smallest absolute Gasteiger partial charge is 0.244 e. The van der Waals surface area contributed by atoms with Crippen LogP contribution in [0.2, 0.25) is 0 Å². The first kappa shape index (κ1) is 17.7. The van der Waals surface area contributed by atoms with Crippen molar-refractivity contribution in [2.75, 3.05) is 11.9 Å². The standard InChI is InChI=1S/C22H20N4O2/c1-2-28-20-13-6-4-10-17(20)24-21(27)15-26-19-12-5-3-9-16(19)25-22(26)18-11-7-8-14-23-18/h3-14H,2,15H2,1H3,(H,24,27). The molecule has 4 rings (SSSR count). The number of carbonyl (C=O) groups is 1. The van der Waals surface area contributed by atoms with Crippen molar-refractivity contribution >= 4 is 22.6 Å². The quantitative estimate of drug-likeness (QED) is 0.552. The van der Waals surface area contributed by atoms with Crippen LogP contribution < -0.4 is 10.1 Å². The number of para-hydroxylation sites is 4. The van der Waals surface area contributed by atoms with Gasteiger partial charge < -0.3 is 14.6 Å². The van der Waals surface area contributed by atoms with E-state index >= 15 is 0 Å². The van der Waals surface area contributed by atoms with Gasteiger partial charge in [0.1, 0.15) is 18.0 Å². The largest absolute Gasteiger partial charge is 0.492 e. The van der Waals surface area contributed by atoms with Crippen molar-refractivity contribution < 1.29 is 9.53 Å². The molecule has 4 aromatic rings. The van der Waals surface area contributed by atoms with Gasteiger partial charge in [0.25, 0.3) is 0 Å². The second kappa shape index (κ2) is 7.92. The number of ether oxygens (including phenoxy) is 1. The second-order valence-corrected chi connectivity index (χ2v) is 6.20. The molecule has 0 aliphatic carbocycles. The lowest BCUT2D eigenvalue weighted by molar-refractivity contribution is -0.116. The molecule has 2 aromatic carbocycles. The van der Waals surface area contributed by atoms with Gasteiger partial charge in [0.05, 0.1) is 23.3 Å². The molecule has 28 heavy (non-hydrogen) atoms. The minimum atomic E-state index is -0.160. The van der Waals surface area contributed by atoms with E-state index in [2.05, 4.69) is 15.3 Å². The van der Waals surface area contributed by atoms with Gasteiger partial charge in [-0.3, -0.25) is 9.78 Å². The van der Waals surface area contributed by atoms with E-state index in [4.69, 9.17) is 4.74 Å². The minimum absolute atomic E-state index is 0.118. The Bertz CT molecular complexity index is 1110. The van der Waals surface area contributed by atoms with Crippen molar-refractivity contribution in [3.05, 3.63) is 72.9 Å². The molecule has 0 saturated heterocycles. The second-order valence-electron chi connectivity index (χ2n) is 6.20. The number of hydrogen-bond acceptors (Lipinski definition) is 4. The third-order valence-electron chi connectivity index (χ3n) is 4.31. The van der Waals surface area contributed by atoms with Crippen LogP contribution in [0.5, 0.6) is 5.75 Å². The van der Waals surface area contributed by atoms with Crippen molar-refractivity contribution in [2.45, 2.75) is 13.5 Å². The van der Waals surface area contributed by atoms with Gasteiger partial charge >= 0.3 is 0 Å². The molecule has 0 bridgehead atoms. The van der Waals surface area contributed by atoms with Crippen molar-refractivity contribution in [1.82, 2.24) is 14.5 Å². The van der Waals surface area contributed by atoms with Crippen molar-refractivity contribution in [2.24, 2.45) is 0 Å². The highest BCUT2D eigenvalue weighted by Gasteiger charge is 2.16. The molecule has 0 aliphatic heterocycles. The molecule has 140 valence electrons. The van der Waals surface area contributed by atoms with Crippen LogP contribution in [0.1, 0.15) is 6.92 Å². The summed E-state index contributed by atoms with van der Waals surface area (Å²) in [6, 6.07) is 20.8. The number of anilines is 1. The lowest BCUT2D eigenvalue weighted by Gasteiger charge is -2.13. The topological polar surface area (TPSA) is 69.0 Å². The molecule has 0 saturated carbocycles. The third kappa shape index (κ3) is 3.57. The number of carbonyl (C=O) groups excluding carboxylic acids is 1. The fraction of sp³-hybridized carbons (Fsp3) is 0.136. The number of benzene rings is 2. The molecule has 6 heteroatoms. The summed E-state index contributed by atoms with van der Waals surface area (Å²) < 4.78 is 7.48. The van der Waals surface area contributed by atoms with Gasteiger partial charge in [-0.05, 0) is 43.3 Å². The molecular formula is C22H20N4O2. The van der Waals surface area contributed by atoms with Crippen molar-refractivity contribution in [1.29, 1.82) is 0 Å². The molecule has 6 nitrogen and oxygen atoms in total. The number of nitrogens with one attached hydrogen (secondary N) is 1. The van der Waals surface area contributed by atoms with E-state index in [-0.39, 0.29) is 12.5 Å². The summed E-state index contributed by atoms with van der Waals surface area (Å²) in [5, 5.41) is 2.94. The van der Waals surface area contributed by atoms with E-state index in [1.807, 2.05) is 78.2 Å². The Morgan fingerprint density at radius 1 is 1.04 bits per heavy atom. The first-order chi connectivity index (χ1) is 13.8. The Labute approximate surface area is 162 Å². The number of pyridine rings is 1. The van der Waals surface area contributed by atoms with Crippen LogP contribution >= 0.6 is 0 Å². The summed E-state index contributed by atoms with van der Waals surface area (Å²) in [7, 11) is 0. The Kier molecular flexibility index (Phi) is 5.01. The van der Waals surface area contributed by atoms with Crippen LogP contribution in [0.3, 0.4) is 0 Å². The summed E-state index contributed by atoms with van der Waals surface area (Å²) >= 11 is 0. The van der Waals surface area contributed by atoms with E-state index in [1.165, 1.54) is 0 Å². The zero-order valence-corrected chi connectivity index (χ0v) is 15.5. The SMILES string of the molecule is CCOc1ccccc1NC(=O)Cn1c(-c2ccccn2)nc2ccccc21. The van der Waals surface area contributed by atoms with Gasteiger partial charge in [0, 0.05) is 6.20 Å². The fourth-order valence-electron chi connectivity index (χ4n) is 3.11. The maximum atomic E-state index is 12.8. The minimum Gasteiger partial charge on any atom is -0.492 e. The van der Waals surface area contributed by atoms with E-state index in [0.29, 0.717) is 23.9 Å². The molecule has 0 spiro atoms. The lowest BCUT2D eigenvalue weighted by Crippen LogP contribution is -2.20. The van der Waals surface area contributed by atoms with Gasteiger partial charge in [-0.1, -0.05) is 30.3 Å². The summed E-state index contributed by atoms with van der Waals surface area (Å²) in [6.07, 6.45) is 1.72. The van der Waals surface area contributed by atoms with Crippen LogP contribution in [0.25, 0.3) is 22.6 Å². The van der Waals surface area contributed by atoms with Crippen LogP contribution in [-0.4, -0.2) is 27.0 Å². The highest BCUT2D eigenvalue weighted by Crippen LogP contribution is 2.25. The summed E-state index contributed by atoms with van der Waals surface area (Å²) in [5.74, 6) is 1.15. The lowest BCUT2D eigenvalue weighted by atomic mass is 10.3. The maximum Gasteiger partial charge on any atom is 0.244 e. The number of imidazole rings is 1. The van der Waals surface area contributed by atoms with Gasteiger partial charge in [-0.15, -0.1) is 0 Å². The number of nitrogens with zero attached hydrogens (tertiary/aromatic N) is 3. The molecule has 2 heterocycles. The first-order valence-corrected chi connectivity index (χ1v) is 9.14. The number of rotatable bonds is 6. The molecule has 0 fully saturated rings. The average Bonchev–Trinajstić information content (AvgIpc) is 3.09. The molecule has 0 aliphatic rings. The Morgan fingerprint density at radius 3 is 2.64 bits per heavy atom. The van der Waals surface area contributed by atoms with Gasteiger partial charge in [-0.2, -0.15) is 0 Å². The van der Waals surface area contributed by atoms with E-state index < -0.39 is 0 Å². The zero-order valence-electron chi connectivity index (χ0n) is 15.5. The molecular weight excluding hydrogens is 352 g/mol. The normalized spacial score (nSPS) is 10.8. The zero-order chi connectivity index (χ0) is 19.3. The highest BCUT2D eigenvalue weighted by atomic mass is 16.5. The summed E-state index contributed by atoms with van der Waals surface area (Å²) in [4.78, 5) is 21.9. The van der Waals surface area contributed by atoms with E-state index in [0.717, 1.165) is 16.7 Å². The maximum absolute atomic E-state index is 12.8. The molecule has 1 N–H and O–H groups in total. The Hall–Kier alpha value is -3.67. The van der Waals surface area contributed by atoms with Gasteiger partial charge in [-0.25, -0.2) is 4.98 Å². The van der Waals surface area contributed by atoms with Crippen molar-refractivity contribution in [3.8, 4) is 17.3 Å². The average molecular weight is 372 g/mol. The first-order valence-electron chi connectivity index (χ1n) is 9.14. The molecule has 0 radical (unpaired) electrons. The highest BCUT2D eigenvalue weighted by molar-refractivity contribution is 5.93. The Morgan fingerprint density at radius 2 is 1.82 bits per heavy atom. The molecule has 0 atom stereocenters. The fourth-order valence-corrected chi connectivity index (χ4v) is 3.11. The van der Waals surface area contributed by atoms with Gasteiger partial charge in [0.15, 0.2) is 5.82 Å². The van der Waals surface area contributed by atoms with Gasteiger partial charge in [0.2, 0.25) is 5.91 Å². The van der Waals surface area contributed by atoms with Crippen LogP contribution in [0.4, 0.5) is 5.69 Å². The van der Waals surface area contributed by atoms with E-state index in [1.54, 1.807) is 6.20 Å². The monoisotopic (exact) mass is 372 g/mol. The predicted octanol–water partition coefficient (Wildman–Crippen LogP) is 4.14. The molecule has 2 aromatic heterocycles. The Balaban J connectivity index is 1.67. The number of hydrogen-bond donors (Lipinski definition) is 1. The number of aromatic nitrogens is 3. The summed E-state index contributed by atoms with van der Waals surface area (Å²) in [6.45, 7) is 2.56. The number of amides is 1. The molecule has 1 amide bonds. The van der Waals surface area contributed by atoms with E-state index in [9.17, 15) is 4.79 Å². The van der Waals surface area contributed by atoms with Crippen LogP contribution in [0, 0.1) is 0 Å². The van der Waals surface area contributed by atoms with Crippen LogP contribution in [0.15, 0.2) is 72.9 Å². The van der Waals surface area contributed by atoms with Crippen molar-refractivity contribution in [3.63, 3.8) is 0 Å². The summed E-state index contributed by atoms with van der Waals surface area (Å²) in [5.41, 5.74) is 3.08. The predicted molar refractivity (Wildman–Crippen MR) is 109 cm³/mol. The number of fused-ring (bicyclic) bond motifs is 1. The molecule has 0 unspecified atom stereocenters. The third-order valence-corrected chi connectivity index (χ3v) is 4.31. The van der Waals surface area contributed by atoms with Crippen LogP contribution in [-0.2, 0) is 11.3 Å².